The first-order valence-corrected chi connectivity index (χ1v) is 5.51. The van der Waals surface area contributed by atoms with E-state index < -0.39 is 0 Å². The van der Waals surface area contributed by atoms with Gasteiger partial charge in [-0.1, -0.05) is 12.8 Å². The summed E-state index contributed by atoms with van der Waals surface area (Å²) < 4.78 is 0. The highest BCUT2D eigenvalue weighted by Gasteiger charge is 2.33. The van der Waals surface area contributed by atoms with E-state index >= 15 is 0 Å². The molecule has 0 aromatic rings. The molecule has 1 aliphatic heterocycles. The van der Waals surface area contributed by atoms with Crippen LogP contribution >= 0.6 is 0 Å². The first kappa shape index (κ1) is 9.20. The van der Waals surface area contributed by atoms with Gasteiger partial charge in [-0.05, 0) is 32.1 Å². The average Bonchev–Trinajstić information content (AvgIpc) is 2.17. The van der Waals surface area contributed by atoms with Crippen molar-refractivity contribution in [3.8, 4) is 0 Å². The minimum absolute atomic E-state index is 0.305. The lowest BCUT2D eigenvalue weighted by atomic mass is 9.75. The third kappa shape index (κ3) is 1.93. The molecule has 0 aromatic heterocycles. The van der Waals surface area contributed by atoms with E-state index in [9.17, 15) is 4.79 Å². The van der Waals surface area contributed by atoms with Crippen molar-refractivity contribution in [2.45, 2.75) is 45.1 Å². The van der Waals surface area contributed by atoms with E-state index in [1.807, 2.05) is 0 Å². The first-order valence-electron chi connectivity index (χ1n) is 5.51. The molecule has 3 unspecified atom stereocenters. The number of hydrogen-bond donors (Lipinski definition) is 1. The fourth-order valence-electron chi connectivity index (χ4n) is 2.81. The summed E-state index contributed by atoms with van der Waals surface area (Å²) in [5.74, 6) is 1.47. The SMILES string of the molecule is CC(=O)C1CNC2CCCCC2C1. The molecule has 1 saturated heterocycles. The Bertz CT molecular complexity index is 202. The van der Waals surface area contributed by atoms with Crippen LogP contribution in [0, 0.1) is 11.8 Å². The number of ketones is 1. The van der Waals surface area contributed by atoms with Gasteiger partial charge in [0.05, 0.1) is 0 Å². The van der Waals surface area contributed by atoms with Crippen molar-refractivity contribution in [1.82, 2.24) is 5.32 Å². The maximum Gasteiger partial charge on any atom is 0.134 e. The second kappa shape index (κ2) is 3.79. The Morgan fingerprint density at radius 3 is 2.85 bits per heavy atom. The lowest BCUT2D eigenvalue weighted by molar-refractivity contribution is -0.122. The van der Waals surface area contributed by atoms with Crippen LogP contribution in [0.15, 0.2) is 0 Å². The van der Waals surface area contributed by atoms with E-state index in [2.05, 4.69) is 5.32 Å². The van der Waals surface area contributed by atoms with Gasteiger partial charge in [0.15, 0.2) is 0 Å². The molecule has 2 fully saturated rings. The molecule has 2 rings (SSSR count). The van der Waals surface area contributed by atoms with Crippen molar-refractivity contribution in [2.24, 2.45) is 11.8 Å². The highest BCUT2D eigenvalue weighted by atomic mass is 16.1. The van der Waals surface area contributed by atoms with Gasteiger partial charge in [0.2, 0.25) is 0 Å². The molecule has 0 bridgehead atoms. The Morgan fingerprint density at radius 1 is 1.31 bits per heavy atom. The molecule has 2 heteroatoms. The Balaban J connectivity index is 1.95. The topological polar surface area (TPSA) is 29.1 Å². The molecular formula is C11H19NO. The minimum atomic E-state index is 0.305. The number of rotatable bonds is 1. The molecule has 0 radical (unpaired) electrons. The third-order valence-corrected chi connectivity index (χ3v) is 3.70. The summed E-state index contributed by atoms with van der Waals surface area (Å²) in [7, 11) is 0. The van der Waals surface area contributed by atoms with Crippen molar-refractivity contribution in [3.05, 3.63) is 0 Å². The zero-order valence-corrected chi connectivity index (χ0v) is 8.38. The minimum Gasteiger partial charge on any atom is -0.313 e. The maximum atomic E-state index is 11.2. The summed E-state index contributed by atoms with van der Waals surface area (Å²) in [6, 6.07) is 0.726. The second-order valence-corrected chi connectivity index (χ2v) is 4.60. The van der Waals surface area contributed by atoms with E-state index in [4.69, 9.17) is 0 Å². The Labute approximate surface area is 80.1 Å². The summed E-state index contributed by atoms with van der Waals surface area (Å²) in [4.78, 5) is 11.2. The highest BCUT2D eigenvalue weighted by Crippen LogP contribution is 2.32. The molecule has 13 heavy (non-hydrogen) atoms. The van der Waals surface area contributed by atoms with Gasteiger partial charge < -0.3 is 5.32 Å². The Kier molecular flexibility index (Phi) is 2.68. The summed E-state index contributed by atoms with van der Waals surface area (Å²) in [6.45, 7) is 2.66. The summed E-state index contributed by atoms with van der Waals surface area (Å²) >= 11 is 0. The number of fused-ring (bicyclic) bond motifs is 1. The maximum absolute atomic E-state index is 11.2. The van der Waals surface area contributed by atoms with E-state index in [0.29, 0.717) is 11.7 Å². The number of carbonyl (C=O) groups excluding carboxylic acids is 1. The van der Waals surface area contributed by atoms with Crippen LogP contribution in [0.25, 0.3) is 0 Å². The highest BCUT2D eigenvalue weighted by molar-refractivity contribution is 5.78. The molecule has 1 saturated carbocycles. The van der Waals surface area contributed by atoms with E-state index in [1.165, 1.54) is 25.7 Å². The van der Waals surface area contributed by atoms with Gasteiger partial charge in [-0.3, -0.25) is 4.79 Å². The zero-order valence-electron chi connectivity index (χ0n) is 8.38. The van der Waals surface area contributed by atoms with Crippen LogP contribution in [0.3, 0.4) is 0 Å². The molecule has 1 heterocycles. The van der Waals surface area contributed by atoms with Crippen molar-refractivity contribution in [3.63, 3.8) is 0 Å². The van der Waals surface area contributed by atoms with E-state index in [1.54, 1.807) is 6.92 Å². The third-order valence-electron chi connectivity index (χ3n) is 3.70. The van der Waals surface area contributed by atoms with Gasteiger partial charge in [-0.15, -0.1) is 0 Å². The number of hydrogen-bond acceptors (Lipinski definition) is 2. The van der Waals surface area contributed by atoms with Crippen molar-refractivity contribution >= 4 is 5.78 Å². The fourth-order valence-corrected chi connectivity index (χ4v) is 2.81. The Hall–Kier alpha value is -0.370. The molecule has 74 valence electrons. The number of carbonyl (C=O) groups is 1. The Morgan fingerprint density at radius 2 is 2.08 bits per heavy atom. The zero-order chi connectivity index (χ0) is 9.26. The molecule has 2 aliphatic rings. The fraction of sp³-hybridized carbons (Fsp3) is 0.909. The lowest BCUT2D eigenvalue weighted by Crippen LogP contribution is -2.48. The van der Waals surface area contributed by atoms with Crippen LogP contribution in [-0.2, 0) is 4.79 Å². The van der Waals surface area contributed by atoms with Crippen molar-refractivity contribution in [1.29, 1.82) is 0 Å². The molecular weight excluding hydrogens is 162 g/mol. The summed E-state index contributed by atoms with van der Waals surface area (Å²) in [6.07, 6.45) is 6.55. The first-order chi connectivity index (χ1) is 6.27. The van der Waals surface area contributed by atoms with E-state index in [-0.39, 0.29) is 0 Å². The van der Waals surface area contributed by atoms with Crippen LogP contribution in [0.1, 0.15) is 39.0 Å². The predicted octanol–water partition coefficient (Wildman–Crippen LogP) is 1.74. The van der Waals surface area contributed by atoms with Gasteiger partial charge >= 0.3 is 0 Å². The van der Waals surface area contributed by atoms with E-state index in [0.717, 1.165) is 24.9 Å². The van der Waals surface area contributed by atoms with Gasteiger partial charge in [0.1, 0.15) is 5.78 Å². The van der Waals surface area contributed by atoms with Gasteiger partial charge in [0.25, 0.3) is 0 Å². The van der Waals surface area contributed by atoms with Crippen LogP contribution in [0.5, 0.6) is 0 Å². The number of nitrogens with one attached hydrogen (secondary N) is 1. The summed E-state index contributed by atoms with van der Waals surface area (Å²) in [5.41, 5.74) is 0. The average molecular weight is 181 g/mol. The second-order valence-electron chi connectivity index (χ2n) is 4.60. The monoisotopic (exact) mass is 181 g/mol. The molecule has 1 aliphatic carbocycles. The van der Waals surface area contributed by atoms with Crippen LogP contribution < -0.4 is 5.32 Å². The van der Waals surface area contributed by atoms with Gasteiger partial charge in [0, 0.05) is 18.5 Å². The largest absolute Gasteiger partial charge is 0.313 e. The molecule has 0 spiro atoms. The number of piperidine rings is 1. The van der Waals surface area contributed by atoms with Crippen LogP contribution in [-0.4, -0.2) is 18.4 Å². The van der Waals surface area contributed by atoms with Gasteiger partial charge in [-0.2, -0.15) is 0 Å². The predicted molar refractivity (Wildman–Crippen MR) is 52.5 cm³/mol. The lowest BCUT2D eigenvalue weighted by Gasteiger charge is -2.39. The molecule has 3 atom stereocenters. The molecule has 2 nitrogen and oxygen atoms in total. The van der Waals surface area contributed by atoms with Crippen LogP contribution in [0.4, 0.5) is 0 Å². The molecule has 0 amide bonds. The number of Topliss-reactive ketones (excluding diaryl/α,β-unsaturated/α-hetero) is 1. The normalized spacial score (nSPS) is 39.6. The van der Waals surface area contributed by atoms with Crippen LogP contribution in [0.2, 0.25) is 0 Å². The summed E-state index contributed by atoms with van der Waals surface area (Å²) in [5, 5.41) is 3.53. The molecule has 1 N–H and O–H groups in total. The van der Waals surface area contributed by atoms with Crippen molar-refractivity contribution < 1.29 is 4.79 Å². The molecule has 0 aromatic carbocycles. The van der Waals surface area contributed by atoms with Crippen molar-refractivity contribution in [2.75, 3.05) is 6.54 Å². The van der Waals surface area contributed by atoms with Gasteiger partial charge in [-0.25, -0.2) is 0 Å². The standard InChI is InChI=1S/C11H19NO/c1-8(13)10-6-9-4-2-3-5-11(9)12-7-10/h9-12H,2-7H2,1H3. The smallest absolute Gasteiger partial charge is 0.134 e. The quantitative estimate of drug-likeness (QED) is 0.667.